The van der Waals surface area contributed by atoms with Gasteiger partial charge in [0.15, 0.2) is 5.82 Å². The van der Waals surface area contributed by atoms with Crippen molar-refractivity contribution in [3.63, 3.8) is 0 Å². The molecule has 0 spiro atoms. The highest BCUT2D eigenvalue weighted by atomic mass is 79.9. The number of carbonyl (C=O) groups is 1. The van der Waals surface area contributed by atoms with Crippen LogP contribution in [0.4, 0.5) is 5.82 Å². The van der Waals surface area contributed by atoms with E-state index in [9.17, 15) is 4.79 Å². The van der Waals surface area contributed by atoms with Crippen molar-refractivity contribution < 1.29 is 4.79 Å². The van der Waals surface area contributed by atoms with Gasteiger partial charge in [0, 0.05) is 36.2 Å². The number of carbonyl (C=O) groups excluding carboxylic acids is 1. The van der Waals surface area contributed by atoms with E-state index < -0.39 is 0 Å². The summed E-state index contributed by atoms with van der Waals surface area (Å²) in [5, 5.41) is 8.84. The number of amides is 1. The van der Waals surface area contributed by atoms with E-state index in [1.165, 1.54) is 5.56 Å². The van der Waals surface area contributed by atoms with Gasteiger partial charge in [0.1, 0.15) is 0 Å². The van der Waals surface area contributed by atoms with Crippen LogP contribution >= 0.6 is 15.9 Å². The topological polar surface area (TPSA) is 49.3 Å². The van der Waals surface area contributed by atoms with Gasteiger partial charge in [-0.2, -0.15) is 0 Å². The van der Waals surface area contributed by atoms with Crippen molar-refractivity contribution in [2.45, 2.75) is 13.3 Å². The van der Waals surface area contributed by atoms with Crippen molar-refractivity contribution in [3.05, 3.63) is 76.3 Å². The first-order chi connectivity index (χ1) is 14.2. The molecule has 2 heterocycles. The predicted octanol–water partition coefficient (Wildman–Crippen LogP) is 4.43. The molecule has 0 atom stereocenters. The summed E-state index contributed by atoms with van der Waals surface area (Å²) in [4.78, 5) is 16.8. The van der Waals surface area contributed by atoms with Gasteiger partial charge in [-0.25, -0.2) is 0 Å². The number of benzene rings is 2. The third kappa shape index (κ3) is 4.32. The average Bonchev–Trinajstić information content (AvgIpc) is 2.79. The summed E-state index contributed by atoms with van der Waals surface area (Å²) in [6.07, 6.45) is 1.03. The fourth-order valence-electron chi connectivity index (χ4n) is 3.50. The van der Waals surface area contributed by atoms with Crippen molar-refractivity contribution in [1.82, 2.24) is 15.1 Å². The number of hydrogen-bond acceptors (Lipinski definition) is 4. The molecule has 148 valence electrons. The highest BCUT2D eigenvalue weighted by molar-refractivity contribution is 9.10. The molecule has 3 aromatic rings. The van der Waals surface area contributed by atoms with Crippen molar-refractivity contribution in [3.8, 4) is 11.3 Å². The molecule has 1 fully saturated rings. The first-order valence-electron chi connectivity index (χ1n) is 9.87. The smallest absolute Gasteiger partial charge is 0.255 e. The first-order valence-corrected chi connectivity index (χ1v) is 10.7. The molecule has 1 saturated heterocycles. The molecule has 1 aromatic heterocycles. The van der Waals surface area contributed by atoms with Crippen LogP contribution in [-0.4, -0.2) is 47.2 Å². The molecule has 2 aromatic carbocycles. The van der Waals surface area contributed by atoms with Crippen LogP contribution in [0, 0.1) is 0 Å². The summed E-state index contributed by atoms with van der Waals surface area (Å²) in [5.74, 6) is 0.918. The minimum Gasteiger partial charge on any atom is -0.352 e. The first kappa shape index (κ1) is 19.6. The highest BCUT2D eigenvalue weighted by Crippen LogP contribution is 2.22. The maximum absolute atomic E-state index is 12.8. The molecule has 29 heavy (non-hydrogen) atoms. The minimum absolute atomic E-state index is 0.0640. The summed E-state index contributed by atoms with van der Waals surface area (Å²) in [5.41, 5.74) is 3.97. The predicted molar refractivity (Wildman–Crippen MR) is 119 cm³/mol. The third-order valence-electron chi connectivity index (χ3n) is 5.30. The summed E-state index contributed by atoms with van der Waals surface area (Å²) in [7, 11) is 0. The van der Waals surface area contributed by atoms with Crippen molar-refractivity contribution in [2.75, 3.05) is 31.1 Å². The SMILES string of the molecule is CCc1ccc(-c2ccc(N3CCN(C(=O)c4ccccc4Br)CC3)nn2)cc1. The summed E-state index contributed by atoms with van der Waals surface area (Å²) in [6, 6.07) is 20.0. The molecule has 1 aliphatic heterocycles. The zero-order valence-corrected chi connectivity index (χ0v) is 18.0. The van der Waals surface area contributed by atoms with Crippen LogP contribution in [0.1, 0.15) is 22.8 Å². The summed E-state index contributed by atoms with van der Waals surface area (Å²) < 4.78 is 0.834. The Bertz CT molecular complexity index is 981. The van der Waals surface area contributed by atoms with Crippen LogP contribution in [0.2, 0.25) is 0 Å². The Morgan fingerprint density at radius 2 is 1.66 bits per heavy atom. The highest BCUT2D eigenvalue weighted by Gasteiger charge is 2.24. The Balaban J connectivity index is 1.39. The number of rotatable bonds is 4. The van der Waals surface area contributed by atoms with Gasteiger partial charge in [-0.05, 0) is 52.2 Å². The van der Waals surface area contributed by atoms with Crippen LogP contribution in [0.25, 0.3) is 11.3 Å². The van der Waals surface area contributed by atoms with Gasteiger partial charge in [0.05, 0.1) is 11.3 Å². The van der Waals surface area contributed by atoms with E-state index in [-0.39, 0.29) is 5.91 Å². The molecule has 1 amide bonds. The zero-order valence-electron chi connectivity index (χ0n) is 16.4. The fraction of sp³-hybridized carbons (Fsp3) is 0.261. The van der Waals surface area contributed by atoms with E-state index >= 15 is 0 Å². The Kier molecular flexibility index (Phi) is 5.90. The molecule has 4 rings (SSSR count). The second kappa shape index (κ2) is 8.74. The molecule has 5 nitrogen and oxygen atoms in total. The molecule has 0 aliphatic carbocycles. The van der Waals surface area contributed by atoms with Crippen LogP contribution in [-0.2, 0) is 6.42 Å². The minimum atomic E-state index is 0.0640. The van der Waals surface area contributed by atoms with Crippen LogP contribution in [0.3, 0.4) is 0 Å². The van der Waals surface area contributed by atoms with Gasteiger partial charge >= 0.3 is 0 Å². The van der Waals surface area contributed by atoms with E-state index in [4.69, 9.17) is 0 Å². The maximum Gasteiger partial charge on any atom is 0.255 e. The molecule has 1 aliphatic rings. The Labute approximate surface area is 179 Å². The zero-order chi connectivity index (χ0) is 20.2. The van der Waals surface area contributed by atoms with Gasteiger partial charge in [0.25, 0.3) is 5.91 Å². The number of halogens is 1. The number of hydrogen-bond donors (Lipinski definition) is 0. The average molecular weight is 451 g/mol. The molecule has 0 unspecified atom stereocenters. The quantitative estimate of drug-likeness (QED) is 0.589. The van der Waals surface area contributed by atoms with Crippen LogP contribution in [0.5, 0.6) is 0 Å². The fourth-order valence-corrected chi connectivity index (χ4v) is 3.96. The van der Waals surface area contributed by atoms with E-state index in [0.717, 1.165) is 41.1 Å². The maximum atomic E-state index is 12.8. The molecular weight excluding hydrogens is 428 g/mol. The molecule has 6 heteroatoms. The number of anilines is 1. The van der Waals surface area contributed by atoms with Gasteiger partial charge in [-0.1, -0.05) is 43.3 Å². The standard InChI is InChI=1S/C23H23BrN4O/c1-2-17-7-9-18(10-8-17)21-11-12-22(26-25-21)27-13-15-28(16-14-27)23(29)19-5-3-4-6-20(19)24/h3-12H,2,13-16H2,1H3. The molecular formula is C23H23BrN4O. The molecule has 0 bridgehead atoms. The van der Waals surface area contributed by atoms with Gasteiger partial charge in [0.2, 0.25) is 0 Å². The Morgan fingerprint density at radius 1 is 0.931 bits per heavy atom. The van der Waals surface area contributed by atoms with Gasteiger partial charge < -0.3 is 9.80 Å². The molecule has 0 N–H and O–H groups in total. The van der Waals surface area contributed by atoms with Crippen molar-refractivity contribution in [2.24, 2.45) is 0 Å². The lowest BCUT2D eigenvalue weighted by molar-refractivity contribution is 0.0745. The van der Waals surface area contributed by atoms with E-state index in [2.05, 4.69) is 62.2 Å². The van der Waals surface area contributed by atoms with Crippen LogP contribution < -0.4 is 4.90 Å². The number of aryl methyl sites for hydroxylation is 1. The summed E-state index contributed by atoms with van der Waals surface area (Å²) >= 11 is 3.47. The molecule has 0 radical (unpaired) electrons. The normalized spacial score (nSPS) is 14.1. The Hall–Kier alpha value is -2.73. The molecule has 0 saturated carbocycles. The number of piperazine rings is 1. The van der Waals surface area contributed by atoms with E-state index in [0.29, 0.717) is 18.7 Å². The largest absolute Gasteiger partial charge is 0.352 e. The van der Waals surface area contributed by atoms with E-state index in [1.807, 2.05) is 41.3 Å². The van der Waals surface area contributed by atoms with Crippen molar-refractivity contribution in [1.29, 1.82) is 0 Å². The lowest BCUT2D eigenvalue weighted by Crippen LogP contribution is -2.49. The van der Waals surface area contributed by atoms with Gasteiger partial charge in [-0.15, -0.1) is 10.2 Å². The number of nitrogens with zero attached hydrogens (tertiary/aromatic N) is 4. The lowest BCUT2D eigenvalue weighted by Gasteiger charge is -2.35. The second-order valence-corrected chi connectivity index (χ2v) is 7.94. The van der Waals surface area contributed by atoms with Crippen molar-refractivity contribution >= 4 is 27.7 Å². The summed E-state index contributed by atoms with van der Waals surface area (Å²) in [6.45, 7) is 4.98. The van der Waals surface area contributed by atoms with Crippen LogP contribution in [0.15, 0.2) is 65.1 Å². The Morgan fingerprint density at radius 3 is 2.28 bits per heavy atom. The number of aromatic nitrogens is 2. The monoisotopic (exact) mass is 450 g/mol. The lowest BCUT2D eigenvalue weighted by atomic mass is 10.1. The van der Waals surface area contributed by atoms with E-state index in [1.54, 1.807) is 0 Å². The second-order valence-electron chi connectivity index (χ2n) is 7.09. The third-order valence-corrected chi connectivity index (χ3v) is 6.00. The van der Waals surface area contributed by atoms with Gasteiger partial charge in [-0.3, -0.25) is 4.79 Å².